The summed E-state index contributed by atoms with van der Waals surface area (Å²) in [5.41, 5.74) is 8.63. The molecule has 2 unspecified atom stereocenters. The molecule has 1 saturated carbocycles. The van der Waals surface area contributed by atoms with E-state index in [1.807, 2.05) is 0 Å². The van der Waals surface area contributed by atoms with Crippen LogP contribution < -0.4 is 15.8 Å². The van der Waals surface area contributed by atoms with Crippen LogP contribution in [0, 0.1) is 0 Å². The summed E-state index contributed by atoms with van der Waals surface area (Å²) in [6, 6.07) is 5.26. The highest BCUT2D eigenvalue weighted by atomic mass is 79.9. The zero-order valence-electron chi connectivity index (χ0n) is 11.1. The number of fused-ring (bicyclic) bond motifs is 1. The van der Waals surface area contributed by atoms with Crippen LogP contribution in [0.2, 0.25) is 0 Å². The van der Waals surface area contributed by atoms with Crippen LogP contribution in [0.5, 0.6) is 5.75 Å². The number of hydrogen-bond acceptors (Lipinski definition) is 3. The number of benzene rings is 1. The van der Waals surface area contributed by atoms with Crippen LogP contribution in [-0.4, -0.2) is 18.7 Å². The summed E-state index contributed by atoms with van der Waals surface area (Å²) >= 11 is 3.59. The first-order valence-corrected chi connectivity index (χ1v) is 7.95. The zero-order valence-corrected chi connectivity index (χ0v) is 12.7. The van der Waals surface area contributed by atoms with Crippen molar-refractivity contribution in [1.29, 1.82) is 0 Å². The van der Waals surface area contributed by atoms with Crippen molar-refractivity contribution >= 4 is 15.9 Å². The fourth-order valence-electron chi connectivity index (χ4n) is 3.14. The largest absolute Gasteiger partial charge is 0.493 e. The van der Waals surface area contributed by atoms with Gasteiger partial charge in [0.1, 0.15) is 5.75 Å². The average molecular weight is 325 g/mol. The standard InChI is InChI=1S/C15H21BrN2O/c16-12-6-10-4-5-19-15(10)11(7-12)9-18-14-3-1-2-13(17)8-14/h6-7,13-14,18H,1-5,8-9,17H2. The maximum Gasteiger partial charge on any atom is 0.127 e. The Balaban J connectivity index is 1.67. The van der Waals surface area contributed by atoms with Gasteiger partial charge in [-0.25, -0.2) is 0 Å². The van der Waals surface area contributed by atoms with Crippen LogP contribution in [-0.2, 0) is 13.0 Å². The molecular weight excluding hydrogens is 304 g/mol. The van der Waals surface area contributed by atoms with Crippen molar-refractivity contribution in [3.8, 4) is 5.75 Å². The van der Waals surface area contributed by atoms with E-state index in [0.717, 1.165) is 36.2 Å². The number of rotatable bonds is 3. The van der Waals surface area contributed by atoms with Gasteiger partial charge in [0.25, 0.3) is 0 Å². The van der Waals surface area contributed by atoms with Gasteiger partial charge < -0.3 is 15.8 Å². The molecule has 0 radical (unpaired) electrons. The summed E-state index contributed by atoms with van der Waals surface area (Å²) in [4.78, 5) is 0. The van der Waals surface area contributed by atoms with E-state index in [9.17, 15) is 0 Å². The third-order valence-corrected chi connectivity index (χ3v) is 4.58. The van der Waals surface area contributed by atoms with Crippen LogP contribution in [0.3, 0.4) is 0 Å². The first-order chi connectivity index (χ1) is 9.22. The summed E-state index contributed by atoms with van der Waals surface area (Å²) < 4.78 is 6.91. The lowest BCUT2D eigenvalue weighted by Crippen LogP contribution is -2.39. The van der Waals surface area contributed by atoms with E-state index in [-0.39, 0.29) is 0 Å². The zero-order chi connectivity index (χ0) is 13.2. The van der Waals surface area contributed by atoms with E-state index in [0.29, 0.717) is 12.1 Å². The molecule has 2 aliphatic rings. The van der Waals surface area contributed by atoms with E-state index in [2.05, 4.69) is 33.4 Å². The average Bonchev–Trinajstić information content (AvgIpc) is 2.84. The van der Waals surface area contributed by atoms with Crippen LogP contribution in [0.25, 0.3) is 0 Å². The van der Waals surface area contributed by atoms with Crippen LogP contribution in [0.4, 0.5) is 0 Å². The van der Waals surface area contributed by atoms with E-state index in [1.54, 1.807) is 0 Å². The normalized spacial score (nSPS) is 26.0. The number of ether oxygens (including phenoxy) is 1. The maximum absolute atomic E-state index is 6.04. The lowest BCUT2D eigenvalue weighted by Gasteiger charge is -2.27. The van der Waals surface area contributed by atoms with E-state index >= 15 is 0 Å². The molecule has 2 atom stereocenters. The third kappa shape index (κ3) is 3.12. The monoisotopic (exact) mass is 324 g/mol. The Labute approximate surface area is 123 Å². The van der Waals surface area contributed by atoms with Crippen molar-refractivity contribution in [3.05, 3.63) is 27.7 Å². The number of nitrogens with two attached hydrogens (primary N) is 1. The first kappa shape index (κ1) is 13.4. The Hall–Kier alpha value is -0.580. The second kappa shape index (κ2) is 5.81. The van der Waals surface area contributed by atoms with Gasteiger partial charge in [-0.3, -0.25) is 0 Å². The quantitative estimate of drug-likeness (QED) is 0.898. The molecule has 1 heterocycles. The maximum atomic E-state index is 6.04. The minimum atomic E-state index is 0.371. The van der Waals surface area contributed by atoms with Gasteiger partial charge in [-0.2, -0.15) is 0 Å². The van der Waals surface area contributed by atoms with Crippen molar-refractivity contribution in [1.82, 2.24) is 5.32 Å². The van der Waals surface area contributed by atoms with Gasteiger partial charge in [0.2, 0.25) is 0 Å². The SMILES string of the molecule is NC1CCCC(NCc2cc(Br)cc3c2OCC3)C1. The lowest BCUT2D eigenvalue weighted by molar-refractivity contribution is 0.330. The van der Waals surface area contributed by atoms with Crippen LogP contribution >= 0.6 is 15.9 Å². The van der Waals surface area contributed by atoms with Crippen molar-refractivity contribution < 1.29 is 4.74 Å². The van der Waals surface area contributed by atoms with Gasteiger partial charge in [-0.05, 0) is 37.0 Å². The predicted molar refractivity (Wildman–Crippen MR) is 80.4 cm³/mol. The minimum absolute atomic E-state index is 0.371. The highest BCUT2D eigenvalue weighted by Gasteiger charge is 2.21. The minimum Gasteiger partial charge on any atom is -0.493 e. The molecule has 0 aromatic heterocycles. The molecule has 1 aromatic carbocycles. The Bertz CT molecular complexity index is 464. The van der Waals surface area contributed by atoms with Crippen molar-refractivity contribution in [2.75, 3.05) is 6.61 Å². The number of halogens is 1. The predicted octanol–water partition coefficient (Wildman–Crippen LogP) is 2.74. The molecule has 3 nitrogen and oxygen atoms in total. The molecule has 0 amide bonds. The van der Waals surface area contributed by atoms with Crippen molar-refractivity contribution in [3.63, 3.8) is 0 Å². The fraction of sp³-hybridized carbons (Fsp3) is 0.600. The Kier molecular flexibility index (Phi) is 4.10. The number of hydrogen-bond donors (Lipinski definition) is 2. The molecule has 4 heteroatoms. The first-order valence-electron chi connectivity index (χ1n) is 7.15. The van der Waals surface area contributed by atoms with Crippen LogP contribution in [0.1, 0.15) is 36.8 Å². The fourth-order valence-corrected chi connectivity index (χ4v) is 3.70. The highest BCUT2D eigenvalue weighted by molar-refractivity contribution is 9.10. The van der Waals surface area contributed by atoms with Crippen molar-refractivity contribution in [2.45, 2.75) is 50.7 Å². The molecule has 3 N–H and O–H groups in total. The number of nitrogens with one attached hydrogen (secondary N) is 1. The molecule has 1 aromatic rings. The van der Waals surface area contributed by atoms with Gasteiger partial charge in [0.15, 0.2) is 0 Å². The van der Waals surface area contributed by atoms with E-state index in [4.69, 9.17) is 10.5 Å². The molecule has 0 bridgehead atoms. The van der Waals surface area contributed by atoms with Gasteiger partial charge in [-0.1, -0.05) is 22.4 Å². The van der Waals surface area contributed by atoms with Crippen LogP contribution in [0.15, 0.2) is 16.6 Å². The lowest BCUT2D eigenvalue weighted by atomic mass is 9.91. The summed E-state index contributed by atoms with van der Waals surface area (Å²) in [6.45, 7) is 1.69. The Morgan fingerprint density at radius 1 is 1.37 bits per heavy atom. The molecule has 1 aliphatic heterocycles. The molecule has 1 aliphatic carbocycles. The highest BCUT2D eigenvalue weighted by Crippen LogP contribution is 2.33. The third-order valence-electron chi connectivity index (χ3n) is 4.12. The van der Waals surface area contributed by atoms with Crippen molar-refractivity contribution in [2.24, 2.45) is 5.73 Å². The van der Waals surface area contributed by atoms with E-state index in [1.165, 1.54) is 30.4 Å². The molecule has 3 rings (SSSR count). The molecule has 0 spiro atoms. The topological polar surface area (TPSA) is 47.3 Å². The van der Waals surface area contributed by atoms with E-state index < -0.39 is 0 Å². The van der Waals surface area contributed by atoms with Gasteiger partial charge >= 0.3 is 0 Å². The van der Waals surface area contributed by atoms with Gasteiger partial charge in [-0.15, -0.1) is 0 Å². The molecule has 19 heavy (non-hydrogen) atoms. The Morgan fingerprint density at radius 3 is 3.11 bits per heavy atom. The summed E-state index contributed by atoms with van der Waals surface area (Å²) in [7, 11) is 0. The second-order valence-electron chi connectivity index (χ2n) is 5.66. The van der Waals surface area contributed by atoms with Gasteiger partial charge in [0.05, 0.1) is 6.61 Å². The summed E-state index contributed by atoms with van der Waals surface area (Å²) in [5.74, 6) is 1.09. The molecule has 104 valence electrons. The Morgan fingerprint density at radius 2 is 2.26 bits per heavy atom. The molecule has 1 fully saturated rings. The summed E-state index contributed by atoms with van der Waals surface area (Å²) in [6.07, 6.45) is 5.78. The second-order valence-corrected chi connectivity index (χ2v) is 6.57. The smallest absolute Gasteiger partial charge is 0.127 e. The van der Waals surface area contributed by atoms with Gasteiger partial charge in [0, 0.05) is 35.1 Å². The molecular formula is C15H21BrN2O. The summed E-state index contributed by atoms with van der Waals surface area (Å²) in [5, 5.41) is 3.64. The molecule has 0 saturated heterocycles.